The first-order valence-electron chi connectivity index (χ1n) is 20.1. The lowest BCUT2D eigenvalue weighted by Gasteiger charge is -2.13. The summed E-state index contributed by atoms with van der Waals surface area (Å²) in [5.41, 5.74) is 12.7. The van der Waals surface area contributed by atoms with Gasteiger partial charge in [0, 0.05) is 34.6 Å². The summed E-state index contributed by atoms with van der Waals surface area (Å²) < 4.78 is 0. The number of aliphatic imine (C=N–C) groups is 1. The standard InChI is InChI=1S/C57H40N2/c1-38(40-22-25-42(26-23-40)55-35-49-14-5-7-18-51(49)53-20-9-10-21-54(53)55)32-57(44-29-27-43(28-30-44)56-37-58-36-50-15-6-8-19-52(50)56)59-39(2)45-16-11-17-47(33-45)48-31-24-41-12-3-4-13-46(41)34-48/h3-37H,1H2,2H3/b57-32-,59-39+. The molecule has 0 amide bonds. The van der Waals surface area contributed by atoms with Crippen LogP contribution >= 0.6 is 0 Å². The SMILES string of the molecule is C=C(/C=C(\N=C(/C)c1cccc(-c2ccc3ccccc3c2)c1)c1ccc(-c2cncc3ccccc23)cc1)c1ccc(-c2cc3ccccc3c3ccccc23)cc1. The van der Waals surface area contributed by atoms with Gasteiger partial charge in [0.25, 0.3) is 0 Å². The molecule has 0 saturated carbocycles. The maximum absolute atomic E-state index is 5.35. The van der Waals surface area contributed by atoms with E-state index in [1.807, 2.05) is 12.4 Å². The van der Waals surface area contributed by atoms with Crippen molar-refractivity contribution in [1.29, 1.82) is 0 Å². The Bertz CT molecular complexity index is 3270. The molecule has 0 atom stereocenters. The zero-order valence-electron chi connectivity index (χ0n) is 32.8. The lowest BCUT2D eigenvalue weighted by atomic mass is 9.92. The van der Waals surface area contributed by atoms with Crippen molar-refractivity contribution in [3.8, 4) is 33.4 Å². The van der Waals surface area contributed by atoms with E-state index in [2.05, 4.69) is 219 Å². The van der Waals surface area contributed by atoms with E-state index in [0.717, 1.165) is 55.7 Å². The van der Waals surface area contributed by atoms with E-state index in [-0.39, 0.29) is 0 Å². The molecule has 0 spiro atoms. The van der Waals surface area contributed by atoms with Crippen LogP contribution in [0, 0.1) is 0 Å². The average molecular weight is 753 g/mol. The van der Waals surface area contributed by atoms with Crippen LogP contribution in [0.15, 0.2) is 224 Å². The lowest BCUT2D eigenvalue weighted by Crippen LogP contribution is -1.97. The minimum absolute atomic E-state index is 0.843. The quantitative estimate of drug-likeness (QED) is 0.0862. The molecule has 2 heteroatoms. The van der Waals surface area contributed by atoms with Crippen molar-refractivity contribution in [2.24, 2.45) is 4.99 Å². The van der Waals surface area contributed by atoms with Gasteiger partial charge in [0.2, 0.25) is 0 Å². The molecule has 0 saturated heterocycles. The third kappa shape index (κ3) is 7.03. The van der Waals surface area contributed by atoms with E-state index in [9.17, 15) is 0 Å². The summed E-state index contributed by atoms with van der Waals surface area (Å²) in [6.07, 6.45) is 5.99. The minimum Gasteiger partial charge on any atom is -0.263 e. The van der Waals surface area contributed by atoms with Gasteiger partial charge in [-0.3, -0.25) is 9.98 Å². The molecule has 0 bridgehead atoms. The van der Waals surface area contributed by atoms with Gasteiger partial charge in [-0.25, -0.2) is 0 Å². The van der Waals surface area contributed by atoms with Crippen LogP contribution in [0.25, 0.3) is 87.7 Å². The van der Waals surface area contributed by atoms with Gasteiger partial charge in [0.1, 0.15) is 0 Å². The minimum atomic E-state index is 0.843. The van der Waals surface area contributed by atoms with Crippen LogP contribution < -0.4 is 0 Å². The van der Waals surface area contributed by atoms with Crippen LogP contribution in [0.5, 0.6) is 0 Å². The van der Waals surface area contributed by atoms with Crippen molar-refractivity contribution in [2.75, 3.05) is 0 Å². The number of allylic oxidation sites excluding steroid dienone is 2. The zero-order chi connectivity index (χ0) is 39.7. The molecule has 1 heterocycles. The second-order valence-electron chi connectivity index (χ2n) is 15.1. The Kier molecular flexibility index (Phi) is 9.29. The highest BCUT2D eigenvalue weighted by atomic mass is 14.8. The number of hydrogen-bond acceptors (Lipinski definition) is 2. The van der Waals surface area contributed by atoms with Crippen molar-refractivity contribution in [3.05, 3.63) is 236 Å². The van der Waals surface area contributed by atoms with Crippen molar-refractivity contribution >= 4 is 60.1 Å². The Morgan fingerprint density at radius 1 is 0.424 bits per heavy atom. The fourth-order valence-corrected chi connectivity index (χ4v) is 8.29. The molecule has 9 aromatic carbocycles. The smallest absolute Gasteiger partial charge is 0.0711 e. The van der Waals surface area contributed by atoms with E-state index in [1.165, 1.54) is 54.4 Å². The topological polar surface area (TPSA) is 25.2 Å². The number of hydrogen-bond donors (Lipinski definition) is 0. The third-order valence-corrected chi connectivity index (χ3v) is 11.5. The Balaban J connectivity index is 1.02. The maximum Gasteiger partial charge on any atom is 0.0711 e. The summed E-state index contributed by atoms with van der Waals surface area (Å²) in [6.45, 7) is 6.68. The van der Waals surface area contributed by atoms with Crippen LogP contribution in [-0.2, 0) is 0 Å². The summed E-state index contributed by atoms with van der Waals surface area (Å²) in [6, 6.07) is 69.3. The second-order valence-corrected chi connectivity index (χ2v) is 15.1. The van der Waals surface area contributed by atoms with Gasteiger partial charge >= 0.3 is 0 Å². The largest absolute Gasteiger partial charge is 0.263 e. The van der Waals surface area contributed by atoms with Crippen LogP contribution in [0.3, 0.4) is 0 Å². The summed E-state index contributed by atoms with van der Waals surface area (Å²) in [5, 5.41) is 9.79. The van der Waals surface area contributed by atoms with Crippen LogP contribution in [0.2, 0.25) is 0 Å². The van der Waals surface area contributed by atoms with Crippen molar-refractivity contribution in [2.45, 2.75) is 6.92 Å². The molecule has 0 aliphatic rings. The molecule has 278 valence electrons. The molecule has 0 aliphatic carbocycles. The van der Waals surface area contributed by atoms with E-state index in [4.69, 9.17) is 4.99 Å². The number of fused-ring (bicyclic) bond motifs is 5. The summed E-state index contributed by atoms with van der Waals surface area (Å²) in [4.78, 5) is 9.90. The first-order chi connectivity index (χ1) is 29.1. The number of pyridine rings is 1. The number of rotatable bonds is 8. The lowest BCUT2D eigenvalue weighted by molar-refractivity contribution is 1.36. The highest BCUT2D eigenvalue weighted by Gasteiger charge is 2.12. The van der Waals surface area contributed by atoms with E-state index in [0.29, 0.717) is 0 Å². The molecule has 2 nitrogen and oxygen atoms in total. The van der Waals surface area contributed by atoms with Gasteiger partial charge in [-0.1, -0.05) is 183 Å². The Morgan fingerprint density at radius 3 is 1.80 bits per heavy atom. The van der Waals surface area contributed by atoms with E-state index in [1.54, 1.807) is 0 Å². The second kappa shape index (κ2) is 15.3. The summed E-state index contributed by atoms with van der Waals surface area (Å²) >= 11 is 0. The predicted molar refractivity (Wildman–Crippen MR) is 253 cm³/mol. The molecular formula is C57H40N2. The van der Waals surface area contributed by atoms with Gasteiger partial charge in [-0.05, 0) is 113 Å². The van der Waals surface area contributed by atoms with Crippen molar-refractivity contribution in [3.63, 3.8) is 0 Å². The molecule has 0 fully saturated rings. The Labute approximate surface area is 344 Å². The summed E-state index contributed by atoms with van der Waals surface area (Å²) in [7, 11) is 0. The van der Waals surface area contributed by atoms with Crippen LogP contribution in [-0.4, -0.2) is 10.7 Å². The first-order valence-corrected chi connectivity index (χ1v) is 20.1. The fraction of sp³-hybridized carbons (Fsp3) is 0.0175. The monoisotopic (exact) mass is 752 g/mol. The first kappa shape index (κ1) is 35.7. The molecule has 0 radical (unpaired) electrons. The molecule has 10 rings (SSSR count). The molecule has 10 aromatic rings. The number of nitrogens with zero attached hydrogens (tertiary/aromatic N) is 2. The van der Waals surface area contributed by atoms with Gasteiger partial charge in [-0.15, -0.1) is 0 Å². The summed E-state index contributed by atoms with van der Waals surface area (Å²) in [5.74, 6) is 0. The normalized spacial score (nSPS) is 12.1. The van der Waals surface area contributed by atoms with Crippen LogP contribution in [0.4, 0.5) is 0 Å². The molecule has 0 N–H and O–H groups in total. The average Bonchev–Trinajstić information content (AvgIpc) is 3.31. The highest BCUT2D eigenvalue weighted by molar-refractivity contribution is 6.14. The number of benzene rings is 9. The molecular weight excluding hydrogens is 713 g/mol. The van der Waals surface area contributed by atoms with Crippen molar-refractivity contribution in [1.82, 2.24) is 4.98 Å². The van der Waals surface area contributed by atoms with Gasteiger partial charge in [0.05, 0.1) is 5.70 Å². The van der Waals surface area contributed by atoms with Gasteiger partial charge in [-0.2, -0.15) is 0 Å². The predicted octanol–water partition coefficient (Wildman–Crippen LogP) is 15.3. The molecule has 0 aliphatic heterocycles. The maximum atomic E-state index is 5.35. The van der Waals surface area contributed by atoms with E-state index >= 15 is 0 Å². The van der Waals surface area contributed by atoms with E-state index < -0.39 is 0 Å². The fourth-order valence-electron chi connectivity index (χ4n) is 8.29. The number of aromatic nitrogens is 1. The van der Waals surface area contributed by atoms with Gasteiger partial charge < -0.3 is 0 Å². The molecule has 59 heavy (non-hydrogen) atoms. The molecule has 0 unspecified atom stereocenters. The third-order valence-electron chi connectivity index (χ3n) is 11.5. The molecule has 1 aromatic heterocycles. The van der Waals surface area contributed by atoms with Gasteiger partial charge in [0.15, 0.2) is 0 Å². The Morgan fingerprint density at radius 2 is 1.02 bits per heavy atom. The Hall–Kier alpha value is -7.68. The zero-order valence-corrected chi connectivity index (χ0v) is 32.8. The van der Waals surface area contributed by atoms with Crippen LogP contribution in [0.1, 0.15) is 23.6 Å². The highest BCUT2D eigenvalue weighted by Crippen LogP contribution is 2.36. The van der Waals surface area contributed by atoms with Crippen molar-refractivity contribution < 1.29 is 0 Å².